The second-order valence-electron chi connectivity index (χ2n) is 6.10. The average Bonchev–Trinajstić information content (AvgIpc) is 2.96. The Bertz CT molecular complexity index is 901. The molecule has 7 heteroatoms. The summed E-state index contributed by atoms with van der Waals surface area (Å²) in [5.41, 5.74) is 2.03. The molecule has 1 heterocycles. The molecule has 0 saturated carbocycles. The highest BCUT2D eigenvalue weighted by Gasteiger charge is 2.21. The molecule has 2 aromatic rings. The summed E-state index contributed by atoms with van der Waals surface area (Å²) in [5, 5.41) is 3.28. The van der Waals surface area contributed by atoms with Crippen molar-refractivity contribution in [3.05, 3.63) is 45.8 Å². The first-order valence-corrected chi connectivity index (χ1v) is 10.4. The molecular formula is C22H27NO5S. The maximum atomic E-state index is 12.4. The molecule has 0 aliphatic carbocycles. The predicted octanol–water partition coefficient (Wildman–Crippen LogP) is 4.99. The van der Waals surface area contributed by atoms with E-state index in [-0.39, 0.29) is 12.5 Å². The molecule has 0 unspecified atom stereocenters. The number of hydrogen-bond donors (Lipinski definition) is 1. The summed E-state index contributed by atoms with van der Waals surface area (Å²) in [5.74, 6) is 0.538. The second-order valence-corrected chi connectivity index (χ2v) is 7.33. The summed E-state index contributed by atoms with van der Waals surface area (Å²) in [6.45, 7) is 10.6. The van der Waals surface area contributed by atoms with Gasteiger partial charge >= 0.3 is 5.97 Å². The lowest BCUT2D eigenvalue weighted by molar-refractivity contribution is -0.111. The van der Waals surface area contributed by atoms with Crippen molar-refractivity contribution in [1.29, 1.82) is 0 Å². The molecule has 2 rings (SSSR count). The van der Waals surface area contributed by atoms with Gasteiger partial charge in [0.1, 0.15) is 5.00 Å². The number of ether oxygens (including phenoxy) is 3. The zero-order chi connectivity index (χ0) is 21.4. The van der Waals surface area contributed by atoms with Crippen molar-refractivity contribution in [2.45, 2.75) is 34.6 Å². The number of carbonyl (C=O) groups excluding carboxylic acids is 2. The molecule has 0 bridgehead atoms. The normalized spacial score (nSPS) is 10.8. The Labute approximate surface area is 175 Å². The molecule has 1 amide bonds. The highest BCUT2D eigenvalue weighted by molar-refractivity contribution is 7.16. The van der Waals surface area contributed by atoms with Crippen molar-refractivity contribution in [3.8, 4) is 11.5 Å². The molecule has 0 fully saturated rings. The van der Waals surface area contributed by atoms with Crippen molar-refractivity contribution in [1.82, 2.24) is 0 Å². The number of aryl methyl sites for hydroxylation is 1. The summed E-state index contributed by atoms with van der Waals surface area (Å²) >= 11 is 1.36. The standard InChI is InChI=1S/C22H27NO5S/c1-6-26-17-11-9-16(13-18(17)27-7-2)10-12-19(24)23-21-20(22(25)28-8-3)14(4)15(5)29-21/h9-13H,6-8H2,1-5H3,(H,23,24)/b12-10+. The van der Waals surface area contributed by atoms with Gasteiger partial charge in [0.25, 0.3) is 0 Å². The predicted molar refractivity (Wildman–Crippen MR) is 116 cm³/mol. The van der Waals surface area contributed by atoms with Crippen molar-refractivity contribution in [2.24, 2.45) is 0 Å². The minimum absolute atomic E-state index is 0.278. The molecule has 1 aromatic carbocycles. The van der Waals surface area contributed by atoms with Crippen LogP contribution in [-0.2, 0) is 9.53 Å². The maximum Gasteiger partial charge on any atom is 0.341 e. The Morgan fingerprint density at radius 3 is 2.38 bits per heavy atom. The molecule has 0 saturated heterocycles. The van der Waals surface area contributed by atoms with Crippen molar-refractivity contribution in [2.75, 3.05) is 25.1 Å². The van der Waals surface area contributed by atoms with Crippen LogP contribution in [0.4, 0.5) is 5.00 Å². The van der Waals surface area contributed by atoms with Gasteiger partial charge in [0.05, 0.1) is 25.4 Å². The topological polar surface area (TPSA) is 73.9 Å². The zero-order valence-corrected chi connectivity index (χ0v) is 18.3. The minimum atomic E-state index is -0.429. The van der Waals surface area contributed by atoms with E-state index in [0.717, 1.165) is 16.0 Å². The number of carbonyl (C=O) groups is 2. The van der Waals surface area contributed by atoms with Gasteiger partial charge in [-0.2, -0.15) is 0 Å². The molecule has 6 nitrogen and oxygen atoms in total. The maximum absolute atomic E-state index is 12.4. The lowest BCUT2D eigenvalue weighted by Crippen LogP contribution is -2.12. The van der Waals surface area contributed by atoms with E-state index in [1.54, 1.807) is 13.0 Å². The van der Waals surface area contributed by atoms with Crippen LogP contribution < -0.4 is 14.8 Å². The molecule has 0 atom stereocenters. The van der Waals surface area contributed by atoms with Crippen LogP contribution >= 0.6 is 11.3 Å². The van der Waals surface area contributed by atoms with E-state index in [0.29, 0.717) is 35.3 Å². The number of anilines is 1. The number of rotatable bonds is 9. The third kappa shape index (κ3) is 5.84. The first kappa shape index (κ1) is 22.5. The fourth-order valence-corrected chi connectivity index (χ4v) is 3.71. The van der Waals surface area contributed by atoms with Gasteiger partial charge in [-0.1, -0.05) is 6.07 Å². The van der Waals surface area contributed by atoms with Crippen LogP contribution in [0.1, 0.15) is 47.1 Å². The van der Waals surface area contributed by atoms with Gasteiger partial charge in [-0.25, -0.2) is 4.79 Å². The Kier molecular flexibility index (Phi) is 8.27. The fraction of sp³-hybridized carbons (Fsp3) is 0.364. The van der Waals surface area contributed by atoms with E-state index < -0.39 is 5.97 Å². The smallest absolute Gasteiger partial charge is 0.341 e. The van der Waals surface area contributed by atoms with E-state index in [1.807, 2.05) is 45.9 Å². The van der Waals surface area contributed by atoms with Gasteiger partial charge in [0.15, 0.2) is 11.5 Å². The van der Waals surface area contributed by atoms with Crippen molar-refractivity contribution < 1.29 is 23.8 Å². The number of hydrogen-bond acceptors (Lipinski definition) is 6. The second kappa shape index (κ2) is 10.7. The summed E-state index contributed by atoms with van der Waals surface area (Å²) in [4.78, 5) is 25.6. The SMILES string of the molecule is CCOC(=O)c1c(NC(=O)/C=C/c2ccc(OCC)c(OCC)c2)sc(C)c1C. The van der Waals surface area contributed by atoms with E-state index >= 15 is 0 Å². The van der Waals surface area contributed by atoms with Crippen LogP contribution in [0.2, 0.25) is 0 Å². The Balaban J connectivity index is 2.17. The van der Waals surface area contributed by atoms with Gasteiger partial charge in [0, 0.05) is 11.0 Å². The van der Waals surface area contributed by atoms with Crippen molar-refractivity contribution >= 4 is 34.3 Å². The molecular weight excluding hydrogens is 390 g/mol. The molecule has 1 aromatic heterocycles. The van der Waals surface area contributed by atoms with Crippen LogP contribution in [0.5, 0.6) is 11.5 Å². The minimum Gasteiger partial charge on any atom is -0.490 e. The quantitative estimate of drug-likeness (QED) is 0.460. The summed E-state index contributed by atoms with van der Waals surface area (Å²) in [6.07, 6.45) is 3.11. The fourth-order valence-electron chi connectivity index (χ4n) is 2.66. The van der Waals surface area contributed by atoms with E-state index in [2.05, 4.69) is 5.32 Å². The molecule has 156 valence electrons. The average molecular weight is 418 g/mol. The van der Waals surface area contributed by atoms with Crippen LogP contribution in [0.25, 0.3) is 6.08 Å². The summed E-state index contributed by atoms with van der Waals surface area (Å²) in [6, 6.07) is 5.49. The monoisotopic (exact) mass is 417 g/mol. The van der Waals surface area contributed by atoms with E-state index in [4.69, 9.17) is 14.2 Å². The molecule has 29 heavy (non-hydrogen) atoms. The summed E-state index contributed by atoms with van der Waals surface area (Å²) in [7, 11) is 0. The van der Waals surface area contributed by atoms with Gasteiger partial charge in [-0.15, -0.1) is 11.3 Å². The number of benzene rings is 1. The Morgan fingerprint density at radius 2 is 1.72 bits per heavy atom. The lowest BCUT2D eigenvalue weighted by Gasteiger charge is -2.11. The third-order valence-electron chi connectivity index (χ3n) is 4.10. The highest BCUT2D eigenvalue weighted by Crippen LogP contribution is 2.33. The van der Waals surface area contributed by atoms with Gasteiger partial charge in [-0.3, -0.25) is 4.79 Å². The first-order valence-electron chi connectivity index (χ1n) is 9.56. The van der Waals surface area contributed by atoms with Gasteiger partial charge in [-0.05, 0) is 64.0 Å². The van der Waals surface area contributed by atoms with Gasteiger partial charge < -0.3 is 19.5 Å². The molecule has 0 radical (unpaired) electrons. The van der Waals surface area contributed by atoms with E-state index in [1.165, 1.54) is 17.4 Å². The van der Waals surface area contributed by atoms with Crippen molar-refractivity contribution in [3.63, 3.8) is 0 Å². The van der Waals surface area contributed by atoms with Crippen LogP contribution in [0.3, 0.4) is 0 Å². The summed E-state index contributed by atoms with van der Waals surface area (Å²) < 4.78 is 16.3. The molecule has 0 aliphatic heterocycles. The zero-order valence-electron chi connectivity index (χ0n) is 17.5. The number of thiophene rings is 1. The Hall–Kier alpha value is -2.80. The first-order chi connectivity index (χ1) is 13.9. The van der Waals surface area contributed by atoms with Gasteiger partial charge in [0.2, 0.25) is 5.91 Å². The van der Waals surface area contributed by atoms with E-state index in [9.17, 15) is 9.59 Å². The molecule has 0 aliphatic rings. The lowest BCUT2D eigenvalue weighted by atomic mass is 10.1. The number of esters is 1. The Morgan fingerprint density at radius 1 is 1.03 bits per heavy atom. The number of nitrogens with one attached hydrogen (secondary N) is 1. The largest absolute Gasteiger partial charge is 0.490 e. The molecule has 0 spiro atoms. The number of amides is 1. The van der Waals surface area contributed by atoms with Crippen LogP contribution in [-0.4, -0.2) is 31.7 Å². The van der Waals surface area contributed by atoms with Crippen LogP contribution in [0.15, 0.2) is 24.3 Å². The third-order valence-corrected chi connectivity index (χ3v) is 5.22. The highest BCUT2D eigenvalue weighted by atomic mass is 32.1. The molecule has 1 N–H and O–H groups in total. The van der Waals surface area contributed by atoms with Crippen LogP contribution in [0, 0.1) is 13.8 Å².